The average Bonchev–Trinajstić information content (AvgIpc) is 3.43. The molecule has 7 nitrogen and oxygen atoms in total. The summed E-state index contributed by atoms with van der Waals surface area (Å²) < 4.78 is 7.76. The quantitative estimate of drug-likeness (QED) is 0.395. The second kappa shape index (κ2) is 7.67. The summed E-state index contributed by atoms with van der Waals surface area (Å²) in [5.74, 6) is -0.254. The van der Waals surface area contributed by atoms with Crippen LogP contribution in [0.5, 0.6) is 0 Å². The third-order valence-corrected chi connectivity index (χ3v) is 13.9. The maximum absolute atomic E-state index is 14.7. The third-order valence-electron chi connectivity index (χ3n) is 13.9. The Morgan fingerprint density at radius 2 is 1.76 bits per heavy atom. The largest absolute Gasteiger partial charge is 0.342 e. The number of imidazole rings is 1. The lowest BCUT2D eigenvalue weighted by Gasteiger charge is -2.69. The van der Waals surface area contributed by atoms with Gasteiger partial charge in [-0.2, -0.15) is 5.26 Å². The number of rotatable bonds is 1. The molecule has 218 valence electrons. The topological polar surface area (TPSA) is 105 Å². The number of aromatic nitrogens is 2. The highest BCUT2D eigenvalue weighted by Gasteiger charge is 2.82. The number of allylic oxidation sites excluding steroid dienone is 1. The molecule has 2 heterocycles. The van der Waals surface area contributed by atoms with Crippen molar-refractivity contribution in [3.8, 4) is 6.07 Å². The van der Waals surface area contributed by atoms with E-state index in [1.54, 1.807) is 23.3 Å². The van der Waals surface area contributed by atoms with Crippen LogP contribution in [-0.4, -0.2) is 38.7 Å². The predicted molar refractivity (Wildman–Crippen MR) is 151 cm³/mol. The molecule has 1 aromatic rings. The standard InChI is InChI=1S/C34H43N3O4/c1-28(2)10-12-33(27(40)37-15-14-36-19-37)13-11-31(6)24(20(33)17-28)21(38)16-23-30(31,5)9-8-22-29(3,4)25(39)34(18-35)26(41-34)32(22,23)7/h14-16,19-20,22,24,26H,8-13,17H2,1-7H3/t20?,22-,24?,26+,30+,31+,32-,33-,34-/m0/s1. The van der Waals surface area contributed by atoms with Gasteiger partial charge in [-0.05, 0) is 79.1 Å². The van der Waals surface area contributed by atoms with Gasteiger partial charge >= 0.3 is 0 Å². The summed E-state index contributed by atoms with van der Waals surface area (Å²) in [5, 5.41) is 10.2. The van der Waals surface area contributed by atoms with Crippen LogP contribution < -0.4 is 0 Å². The van der Waals surface area contributed by atoms with Gasteiger partial charge in [-0.3, -0.25) is 19.0 Å². The molecule has 7 heteroatoms. The van der Waals surface area contributed by atoms with Crippen LogP contribution in [0, 0.1) is 61.6 Å². The van der Waals surface area contributed by atoms with Gasteiger partial charge in [0.15, 0.2) is 11.6 Å². The second-order valence-corrected chi connectivity index (χ2v) is 16.4. The molecule has 9 atom stereocenters. The van der Waals surface area contributed by atoms with Crippen LogP contribution in [0.25, 0.3) is 0 Å². The number of nitrogens with zero attached hydrogens (tertiary/aromatic N) is 3. The summed E-state index contributed by atoms with van der Waals surface area (Å²) in [6.45, 7) is 15.3. The van der Waals surface area contributed by atoms with Crippen molar-refractivity contribution in [2.24, 2.45) is 50.2 Å². The predicted octanol–water partition coefficient (Wildman–Crippen LogP) is 5.95. The van der Waals surface area contributed by atoms with Gasteiger partial charge < -0.3 is 4.74 Å². The van der Waals surface area contributed by atoms with Crippen molar-refractivity contribution in [3.63, 3.8) is 0 Å². The molecule has 1 aliphatic heterocycles. The Bertz CT molecular complexity index is 1470. The van der Waals surface area contributed by atoms with Gasteiger partial charge in [0, 0.05) is 29.1 Å². The molecule has 5 aliphatic carbocycles. The van der Waals surface area contributed by atoms with E-state index in [2.05, 4.69) is 45.7 Å². The van der Waals surface area contributed by atoms with Crippen molar-refractivity contribution in [2.45, 2.75) is 105 Å². The molecule has 0 N–H and O–H groups in total. The summed E-state index contributed by atoms with van der Waals surface area (Å²) in [4.78, 5) is 46.7. The Balaban J connectivity index is 1.39. The van der Waals surface area contributed by atoms with Gasteiger partial charge in [0.05, 0.1) is 5.41 Å². The summed E-state index contributed by atoms with van der Waals surface area (Å²) in [7, 11) is 0. The van der Waals surface area contributed by atoms with Crippen molar-refractivity contribution >= 4 is 17.5 Å². The van der Waals surface area contributed by atoms with Crippen LogP contribution in [0.2, 0.25) is 0 Å². The molecule has 4 saturated carbocycles. The van der Waals surface area contributed by atoms with E-state index in [0.717, 1.165) is 50.5 Å². The van der Waals surface area contributed by atoms with Crippen LogP contribution in [-0.2, 0) is 14.3 Å². The molecule has 0 radical (unpaired) electrons. The lowest BCUT2D eigenvalue weighted by molar-refractivity contribution is -0.168. The molecule has 0 bridgehead atoms. The van der Waals surface area contributed by atoms with Crippen LogP contribution in [0.3, 0.4) is 0 Å². The third kappa shape index (κ3) is 2.94. The SMILES string of the molecule is CC1(C)CC[C@]2(C(=O)n3ccnc3)CC[C@]3(C)C(C(=O)C=C4[C@@]5(C)[C@H]6O[C@@]6(C#N)C(=O)C(C)(C)[C@@H]5CC[C@]43C)C2C1. The number of fused-ring (bicyclic) bond motifs is 9. The molecule has 0 amide bonds. The molecular formula is C34H43N3O4. The van der Waals surface area contributed by atoms with Crippen molar-refractivity contribution in [3.05, 3.63) is 30.4 Å². The fraction of sp³-hybridized carbons (Fsp3) is 0.735. The van der Waals surface area contributed by atoms with Crippen molar-refractivity contribution in [2.75, 3.05) is 0 Å². The first-order valence-corrected chi connectivity index (χ1v) is 15.5. The van der Waals surface area contributed by atoms with Gasteiger partial charge in [0.2, 0.25) is 11.5 Å². The van der Waals surface area contributed by atoms with Crippen LogP contribution in [0.4, 0.5) is 0 Å². The first kappa shape index (κ1) is 27.3. The average molecular weight is 558 g/mol. The number of carbonyl (C=O) groups excluding carboxylic acids is 3. The highest BCUT2D eigenvalue weighted by molar-refractivity contribution is 6.01. The highest BCUT2D eigenvalue weighted by Crippen LogP contribution is 2.77. The van der Waals surface area contributed by atoms with Gasteiger partial charge in [0.1, 0.15) is 18.5 Å². The van der Waals surface area contributed by atoms with E-state index in [1.165, 1.54) is 0 Å². The molecule has 5 fully saturated rings. The number of epoxide rings is 1. The summed E-state index contributed by atoms with van der Waals surface area (Å²) in [6, 6.07) is 2.25. The van der Waals surface area contributed by atoms with Crippen molar-refractivity contribution in [1.29, 1.82) is 5.26 Å². The summed E-state index contributed by atoms with van der Waals surface area (Å²) >= 11 is 0. The van der Waals surface area contributed by atoms with E-state index in [-0.39, 0.29) is 51.5 Å². The highest BCUT2D eigenvalue weighted by atomic mass is 16.6. The van der Waals surface area contributed by atoms with E-state index in [0.29, 0.717) is 0 Å². The van der Waals surface area contributed by atoms with Crippen molar-refractivity contribution < 1.29 is 19.1 Å². The Kier molecular flexibility index (Phi) is 5.10. The molecule has 0 aromatic carbocycles. The fourth-order valence-electron chi connectivity index (χ4n) is 11.5. The van der Waals surface area contributed by atoms with Crippen LogP contribution in [0.1, 0.15) is 98.2 Å². The molecule has 0 spiro atoms. The number of carbonyl (C=O) groups is 3. The number of Topliss-reactive ketones (excluding diaryl/α,β-unsaturated/α-hetero) is 1. The molecule has 1 saturated heterocycles. The van der Waals surface area contributed by atoms with Gasteiger partial charge in [-0.1, -0.05) is 54.0 Å². The molecule has 1 aromatic heterocycles. The van der Waals surface area contributed by atoms with E-state index >= 15 is 0 Å². The number of hydrogen-bond donors (Lipinski definition) is 0. The smallest absolute Gasteiger partial charge is 0.240 e. The van der Waals surface area contributed by atoms with E-state index in [1.807, 2.05) is 19.9 Å². The number of ether oxygens (including phenoxy) is 1. The van der Waals surface area contributed by atoms with Gasteiger partial charge in [-0.15, -0.1) is 0 Å². The Morgan fingerprint density at radius 1 is 1.05 bits per heavy atom. The number of hydrogen-bond acceptors (Lipinski definition) is 6. The minimum absolute atomic E-state index is 0.0112. The Morgan fingerprint density at radius 3 is 2.41 bits per heavy atom. The lowest BCUT2D eigenvalue weighted by Crippen LogP contribution is -2.68. The first-order chi connectivity index (χ1) is 19.1. The minimum atomic E-state index is -1.42. The fourth-order valence-corrected chi connectivity index (χ4v) is 11.5. The number of nitriles is 1. The molecule has 6 aliphatic rings. The Labute approximate surface area is 243 Å². The summed E-state index contributed by atoms with van der Waals surface area (Å²) in [5.41, 5.74) is -2.87. The van der Waals surface area contributed by atoms with Gasteiger partial charge in [0.25, 0.3) is 0 Å². The van der Waals surface area contributed by atoms with E-state index in [9.17, 15) is 19.6 Å². The lowest BCUT2D eigenvalue weighted by atomic mass is 9.33. The Hall–Kier alpha value is -2.59. The molecule has 41 heavy (non-hydrogen) atoms. The van der Waals surface area contributed by atoms with Crippen LogP contribution in [0.15, 0.2) is 30.4 Å². The maximum Gasteiger partial charge on any atom is 0.240 e. The molecule has 2 unspecified atom stereocenters. The molecular weight excluding hydrogens is 514 g/mol. The monoisotopic (exact) mass is 557 g/mol. The van der Waals surface area contributed by atoms with Crippen molar-refractivity contribution in [1.82, 2.24) is 9.55 Å². The van der Waals surface area contributed by atoms with Crippen LogP contribution >= 0.6 is 0 Å². The van der Waals surface area contributed by atoms with E-state index in [4.69, 9.17) is 4.74 Å². The summed E-state index contributed by atoms with van der Waals surface area (Å²) in [6.07, 6.45) is 12.2. The molecule has 7 rings (SSSR count). The second-order valence-electron chi connectivity index (χ2n) is 16.4. The van der Waals surface area contributed by atoms with Gasteiger partial charge in [-0.25, -0.2) is 4.98 Å². The first-order valence-electron chi connectivity index (χ1n) is 15.5. The normalized spacial score (nSPS) is 48.8. The zero-order valence-corrected chi connectivity index (χ0v) is 25.5. The number of ketones is 2. The minimum Gasteiger partial charge on any atom is -0.342 e. The maximum atomic E-state index is 14.7. The zero-order chi connectivity index (χ0) is 29.6. The van der Waals surface area contributed by atoms with E-state index < -0.39 is 27.9 Å². The zero-order valence-electron chi connectivity index (χ0n) is 25.5.